The Balaban J connectivity index is 2.05. The molecular formula is C20H33N3O. The third-order valence-electron chi connectivity index (χ3n) is 5.18. The summed E-state index contributed by atoms with van der Waals surface area (Å²) in [6.07, 6.45) is 4.61. The van der Waals surface area contributed by atoms with E-state index in [1.807, 2.05) is 13.8 Å². The lowest BCUT2D eigenvalue weighted by molar-refractivity contribution is -0.124. The van der Waals surface area contributed by atoms with Gasteiger partial charge in [0.2, 0.25) is 5.91 Å². The average Bonchev–Trinajstić information content (AvgIpc) is 2.60. The third-order valence-corrected chi connectivity index (χ3v) is 5.18. The van der Waals surface area contributed by atoms with Crippen molar-refractivity contribution in [2.45, 2.75) is 71.1 Å². The Hall–Kier alpha value is -1.39. The Morgan fingerprint density at radius 3 is 2.54 bits per heavy atom. The van der Waals surface area contributed by atoms with Gasteiger partial charge in [0.25, 0.3) is 0 Å². The fourth-order valence-corrected chi connectivity index (χ4v) is 3.58. The summed E-state index contributed by atoms with van der Waals surface area (Å²) in [7, 11) is 0. The fourth-order valence-electron chi connectivity index (χ4n) is 3.58. The van der Waals surface area contributed by atoms with Gasteiger partial charge in [-0.1, -0.05) is 63.9 Å². The summed E-state index contributed by atoms with van der Waals surface area (Å²) < 4.78 is 0. The van der Waals surface area contributed by atoms with Crippen molar-refractivity contribution >= 4 is 5.91 Å². The topological polar surface area (TPSA) is 58.4 Å². The molecule has 0 heterocycles. The van der Waals surface area contributed by atoms with E-state index in [2.05, 4.69) is 47.5 Å². The van der Waals surface area contributed by atoms with Crippen LogP contribution in [0.15, 0.2) is 30.3 Å². The second-order valence-electron chi connectivity index (χ2n) is 7.29. The molecule has 1 fully saturated rings. The summed E-state index contributed by atoms with van der Waals surface area (Å²) >= 11 is 0. The van der Waals surface area contributed by atoms with Crippen LogP contribution in [0.5, 0.6) is 0 Å². The number of benzene rings is 1. The Morgan fingerprint density at radius 1 is 1.25 bits per heavy atom. The third kappa shape index (κ3) is 5.05. The lowest BCUT2D eigenvalue weighted by atomic mass is 9.88. The van der Waals surface area contributed by atoms with Crippen molar-refractivity contribution in [3.8, 4) is 0 Å². The summed E-state index contributed by atoms with van der Waals surface area (Å²) in [6, 6.07) is 10.8. The molecule has 0 bridgehead atoms. The summed E-state index contributed by atoms with van der Waals surface area (Å²) in [5.41, 5.74) is 7.36. The first-order chi connectivity index (χ1) is 11.5. The van der Waals surface area contributed by atoms with Crippen molar-refractivity contribution < 1.29 is 4.79 Å². The molecule has 0 saturated heterocycles. The molecule has 24 heavy (non-hydrogen) atoms. The first-order valence-corrected chi connectivity index (χ1v) is 9.36. The molecular weight excluding hydrogens is 298 g/mol. The van der Waals surface area contributed by atoms with Gasteiger partial charge in [0.15, 0.2) is 0 Å². The molecule has 2 unspecified atom stereocenters. The minimum atomic E-state index is -0.420. The van der Waals surface area contributed by atoms with Crippen LogP contribution in [-0.4, -0.2) is 35.5 Å². The van der Waals surface area contributed by atoms with Crippen LogP contribution in [0.4, 0.5) is 0 Å². The molecule has 1 aliphatic rings. The average molecular weight is 332 g/mol. The van der Waals surface area contributed by atoms with Crippen LogP contribution >= 0.6 is 0 Å². The van der Waals surface area contributed by atoms with Crippen LogP contribution in [0.3, 0.4) is 0 Å². The fraction of sp³-hybridized carbons (Fsp3) is 0.650. The summed E-state index contributed by atoms with van der Waals surface area (Å²) in [4.78, 5) is 14.9. The van der Waals surface area contributed by atoms with E-state index in [1.165, 1.54) is 18.4 Å². The zero-order valence-corrected chi connectivity index (χ0v) is 15.4. The second kappa shape index (κ2) is 9.19. The van der Waals surface area contributed by atoms with Gasteiger partial charge in [-0.25, -0.2) is 0 Å². The minimum absolute atomic E-state index is 0.00216. The van der Waals surface area contributed by atoms with Gasteiger partial charge in [0, 0.05) is 18.6 Å². The number of carbonyl (C=O) groups is 1. The number of rotatable bonds is 7. The number of nitrogens with one attached hydrogen (secondary N) is 1. The predicted octanol–water partition coefficient (Wildman–Crippen LogP) is 2.92. The van der Waals surface area contributed by atoms with E-state index in [4.69, 9.17) is 5.73 Å². The van der Waals surface area contributed by atoms with Gasteiger partial charge in [-0.3, -0.25) is 9.69 Å². The zero-order chi connectivity index (χ0) is 17.5. The molecule has 4 nitrogen and oxygen atoms in total. The Morgan fingerprint density at radius 2 is 1.92 bits per heavy atom. The Labute approximate surface area is 146 Å². The van der Waals surface area contributed by atoms with Crippen LogP contribution in [0.2, 0.25) is 0 Å². The maximum absolute atomic E-state index is 12.4. The molecule has 2 rings (SSSR count). The predicted molar refractivity (Wildman–Crippen MR) is 99.5 cm³/mol. The number of amides is 1. The van der Waals surface area contributed by atoms with E-state index in [1.54, 1.807) is 0 Å². The summed E-state index contributed by atoms with van der Waals surface area (Å²) in [5, 5.41) is 3.25. The molecule has 0 aliphatic heterocycles. The highest BCUT2D eigenvalue weighted by molar-refractivity contribution is 5.82. The highest BCUT2D eigenvalue weighted by Gasteiger charge is 2.32. The van der Waals surface area contributed by atoms with Gasteiger partial charge in [-0.2, -0.15) is 0 Å². The Kier molecular flexibility index (Phi) is 7.25. The number of hydrogen-bond donors (Lipinski definition) is 2. The van der Waals surface area contributed by atoms with E-state index >= 15 is 0 Å². The van der Waals surface area contributed by atoms with E-state index in [0.717, 1.165) is 25.9 Å². The minimum Gasteiger partial charge on any atom is -0.350 e. The molecule has 4 heteroatoms. The maximum atomic E-state index is 12.4. The lowest BCUT2D eigenvalue weighted by Gasteiger charge is -2.40. The zero-order valence-electron chi connectivity index (χ0n) is 15.4. The second-order valence-corrected chi connectivity index (χ2v) is 7.29. The van der Waals surface area contributed by atoms with Gasteiger partial charge in [-0.05, 0) is 30.9 Å². The molecule has 134 valence electrons. The van der Waals surface area contributed by atoms with Crippen LogP contribution in [0, 0.1) is 5.92 Å². The highest BCUT2D eigenvalue weighted by atomic mass is 16.2. The first-order valence-electron chi connectivity index (χ1n) is 9.36. The largest absolute Gasteiger partial charge is 0.350 e. The van der Waals surface area contributed by atoms with Crippen molar-refractivity contribution in [1.82, 2.24) is 10.2 Å². The van der Waals surface area contributed by atoms with E-state index in [0.29, 0.717) is 6.04 Å². The van der Waals surface area contributed by atoms with Gasteiger partial charge in [0.1, 0.15) is 0 Å². The molecule has 0 radical (unpaired) electrons. The number of hydrogen-bond acceptors (Lipinski definition) is 3. The summed E-state index contributed by atoms with van der Waals surface area (Å²) in [6.45, 7) is 8.12. The van der Waals surface area contributed by atoms with Crippen LogP contribution in [0.1, 0.15) is 52.0 Å². The van der Waals surface area contributed by atoms with Crippen molar-refractivity contribution in [3.63, 3.8) is 0 Å². The number of carbonyl (C=O) groups excluding carboxylic acids is 1. The SMILES string of the molecule is CCN(Cc1ccccc1)[C@H]1CCCCC1NC(=O)C(N)C(C)C. The molecule has 1 saturated carbocycles. The molecule has 3 atom stereocenters. The number of nitrogens with zero attached hydrogens (tertiary/aromatic N) is 1. The van der Waals surface area contributed by atoms with Crippen molar-refractivity contribution in [1.29, 1.82) is 0 Å². The van der Waals surface area contributed by atoms with Crippen molar-refractivity contribution in [2.24, 2.45) is 11.7 Å². The molecule has 1 aromatic carbocycles. The maximum Gasteiger partial charge on any atom is 0.237 e. The smallest absolute Gasteiger partial charge is 0.237 e. The molecule has 0 spiro atoms. The quantitative estimate of drug-likeness (QED) is 0.808. The monoisotopic (exact) mass is 331 g/mol. The van der Waals surface area contributed by atoms with Crippen LogP contribution in [0.25, 0.3) is 0 Å². The first kappa shape index (κ1) is 18.9. The molecule has 1 aliphatic carbocycles. The molecule has 1 amide bonds. The standard InChI is InChI=1S/C20H33N3O/c1-4-23(14-16-10-6-5-7-11-16)18-13-9-8-12-17(18)22-20(24)19(21)15(2)3/h5-7,10-11,15,17-19H,4,8-9,12-14,21H2,1-3H3,(H,22,24)/t17?,18-,19?/m0/s1. The summed E-state index contributed by atoms with van der Waals surface area (Å²) in [5.74, 6) is 0.163. The number of nitrogens with two attached hydrogens (primary N) is 1. The van der Waals surface area contributed by atoms with E-state index in [-0.39, 0.29) is 17.9 Å². The van der Waals surface area contributed by atoms with Crippen molar-refractivity contribution in [3.05, 3.63) is 35.9 Å². The molecule has 1 aromatic rings. The van der Waals surface area contributed by atoms with E-state index < -0.39 is 6.04 Å². The molecule has 3 N–H and O–H groups in total. The lowest BCUT2D eigenvalue weighted by Crippen LogP contribution is -2.56. The van der Waals surface area contributed by atoms with Gasteiger partial charge in [0.05, 0.1) is 6.04 Å². The molecule has 0 aromatic heterocycles. The number of likely N-dealkylation sites (N-methyl/N-ethyl adjacent to an activating group) is 1. The van der Waals surface area contributed by atoms with E-state index in [9.17, 15) is 4.79 Å². The van der Waals surface area contributed by atoms with Crippen molar-refractivity contribution in [2.75, 3.05) is 6.54 Å². The van der Waals surface area contributed by atoms with Crippen LogP contribution < -0.4 is 11.1 Å². The van der Waals surface area contributed by atoms with Crippen LogP contribution in [-0.2, 0) is 11.3 Å². The highest BCUT2D eigenvalue weighted by Crippen LogP contribution is 2.25. The van der Waals surface area contributed by atoms with Gasteiger partial charge in [-0.15, -0.1) is 0 Å². The van der Waals surface area contributed by atoms with Gasteiger partial charge >= 0.3 is 0 Å². The van der Waals surface area contributed by atoms with Gasteiger partial charge < -0.3 is 11.1 Å². The normalized spacial score (nSPS) is 22.6. The Bertz CT molecular complexity index is 503.